The second-order valence-electron chi connectivity index (χ2n) is 6.49. The summed E-state index contributed by atoms with van der Waals surface area (Å²) in [6.45, 7) is 4.84. The molecular weight excluding hydrogens is 317 g/mol. The maximum Gasteiger partial charge on any atom is 0.147 e. The molecule has 1 fully saturated rings. The van der Waals surface area contributed by atoms with Crippen LogP contribution in [-0.4, -0.2) is 30.3 Å². The zero-order valence-electron chi connectivity index (χ0n) is 13.7. The third kappa shape index (κ3) is 3.34. The van der Waals surface area contributed by atoms with Gasteiger partial charge in [-0.3, -0.25) is 9.69 Å². The monoisotopic (exact) mass is 341 g/mol. The van der Waals surface area contributed by atoms with Gasteiger partial charge in [0.05, 0.1) is 16.1 Å². The van der Waals surface area contributed by atoms with Gasteiger partial charge in [0, 0.05) is 5.41 Å². The molecule has 0 heterocycles. The molecule has 0 bridgehead atoms. The number of unbranched alkanes of at least 4 members (excludes halogenated alkanes) is 1. The lowest BCUT2D eigenvalue weighted by Gasteiger charge is -2.50. The van der Waals surface area contributed by atoms with Gasteiger partial charge >= 0.3 is 0 Å². The standard InChI is InChI=1S/C18H25Cl2NO/c1-4-5-11-21(3)17(13(2)22)18(9-6-10-18)14-7-8-15(19)16(20)12-14/h7-8,12,17H,4-6,9-11H2,1-3H3. The van der Waals surface area contributed by atoms with Crippen molar-refractivity contribution in [1.82, 2.24) is 4.90 Å². The second kappa shape index (κ2) is 7.33. The van der Waals surface area contributed by atoms with Gasteiger partial charge in [0.15, 0.2) is 0 Å². The van der Waals surface area contributed by atoms with Crippen molar-refractivity contribution in [2.75, 3.05) is 13.6 Å². The molecule has 22 heavy (non-hydrogen) atoms. The van der Waals surface area contributed by atoms with E-state index in [0.717, 1.165) is 44.2 Å². The Bertz CT molecular complexity index is 540. The lowest BCUT2D eigenvalue weighted by Crippen LogP contribution is -2.56. The van der Waals surface area contributed by atoms with E-state index in [0.29, 0.717) is 10.0 Å². The Morgan fingerprint density at radius 1 is 1.32 bits per heavy atom. The number of likely N-dealkylation sites (N-methyl/N-ethyl adjacent to an activating group) is 1. The number of nitrogens with zero attached hydrogens (tertiary/aromatic N) is 1. The minimum absolute atomic E-state index is 0.0787. The van der Waals surface area contributed by atoms with Gasteiger partial charge in [0.1, 0.15) is 5.78 Å². The van der Waals surface area contributed by atoms with Crippen LogP contribution in [0.1, 0.15) is 51.5 Å². The van der Waals surface area contributed by atoms with Crippen molar-refractivity contribution in [3.8, 4) is 0 Å². The highest BCUT2D eigenvalue weighted by Crippen LogP contribution is 2.49. The maximum absolute atomic E-state index is 12.4. The number of ketones is 1. The molecule has 122 valence electrons. The molecule has 0 amide bonds. The molecule has 2 rings (SSSR count). The van der Waals surface area contributed by atoms with E-state index in [1.54, 1.807) is 6.92 Å². The van der Waals surface area contributed by atoms with Gasteiger partial charge in [-0.05, 0) is 57.5 Å². The summed E-state index contributed by atoms with van der Waals surface area (Å²) < 4.78 is 0. The molecule has 0 aromatic heterocycles. The van der Waals surface area contributed by atoms with E-state index in [9.17, 15) is 4.79 Å². The van der Waals surface area contributed by atoms with Gasteiger partial charge in [-0.25, -0.2) is 0 Å². The van der Waals surface area contributed by atoms with Crippen molar-refractivity contribution in [2.24, 2.45) is 0 Å². The fraction of sp³-hybridized carbons (Fsp3) is 0.611. The second-order valence-corrected chi connectivity index (χ2v) is 7.30. The molecule has 0 radical (unpaired) electrons. The molecule has 1 aliphatic carbocycles. The van der Waals surface area contributed by atoms with Gasteiger partial charge in [-0.1, -0.05) is 49.0 Å². The van der Waals surface area contributed by atoms with Crippen LogP contribution in [0, 0.1) is 0 Å². The van der Waals surface area contributed by atoms with Crippen LogP contribution < -0.4 is 0 Å². The number of rotatable bonds is 7. The van der Waals surface area contributed by atoms with Crippen LogP contribution in [0.5, 0.6) is 0 Å². The molecule has 1 saturated carbocycles. The van der Waals surface area contributed by atoms with Crippen LogP contribution in [0.2, 0.25) is 10.0 Å². The van der Waals surface area contributed by atoms with Crippen molar-refractivity contribution in [3.63, 3.8) is 0 Å². The Balaban J connectivity index is 2.36. The first kappa shape index (κ1) is 17.8. The quantitative estimate of drug-likeness (QED) is 0.687. The van der Waals surface area contributed by atoms with Crippen LogP contribution in [0.15, 0.2) is 18.2 Å². The molecule has 1 atom stereocenters. The van der Waals surface area contributed by atoms with E-state index in [1.807, 2.05) is 18.2 Å². The summed E-state index contributed by atoms with van der Waals surface area (Å²) >= 11 is 12.3. The SMILES string of the molecule is CCCCN(C)C(C(C)=O)C1(c2ccc(Cl)c(Cl)c2)CCC1. The summed E-state index contributed by atoms with van der Waals surface area (Å²) in [5.74, 6) is 0.240. The average Bonchev–Trinajstić information content (AvgIpc) is 2.42. The average molecular weight is 342 g/mol. The van der Waals surface area contributed by atoms with Crippen molar-refractivity contribution >= 4 is 29.0 Å². The van der Waals surface area contributed by atoms with Crippen molar-refractivity contribution < 1.29 is 4.79 Å². The molecule has 0 N–H and O–H groups in total. The smallest absolute Gasteiger partial charge is 0.147 e. The summed E-state index contributed by atoms with van der Waals surface area (Å²) in [6, 6.07) is 5.76. The van der Waals surface area contributed by atoms with Gasteiger partial charge in [0.2, 0.25) is 0 Å². The fourth-order valence-electron chi connectivity index (χ4n) is 3.74. The Hall–Kier alpha value is -0.570. The van der Waals surface area contributed by atoms with Crippen LogP contribution >= 0.6 is 23.2 Å². The predicted octanol–water partition coefficient (Wildman–Crippen LogP) is 5.10. The van der Waals surface area contributed by atoms with Crippen LogP contribution in [0.4, 0.5) is 0 Å². The van der Waals surface area contributed by atoms with Gasteiger partial charge in [-0.15, -0.1) is 0 Å². The number of hydrogen-bond donors (Lipinski definition) is 0. The molecule has 2 nitrogen and oxygen atoms in total. The number of benzene rings is 1. The molecule has 0 aliphatic heterocycles. The highest BCUT2D eigenvalue weighted by Gasteiger charge is 2.49. The first-order chi connectivity index (χ1) is 10.4. The first-order valence-electron chi connectivity index (χ1n) is 8.08. The van der Waals surface area contributed by atoms with Crippen LogP contribution in [-0.2, 0) is 10.2 Å². The van der Waals surface area contributed by atoms with Crippen LogP contribution in [0.25, 0.3) is 0 Å². The number of halogens is 2. The Morgan fingerprint density at radius 3 is 2.45 bits per heavy atom. The van der Waals surface area contributed by atoms with E-state index in [-0.39, 0.29) is 17.2 Å². The zero-order valence-corrected chi connectivity index (χ0v) is 15.2. The molecule has 1 unspecified atom stereocenters. The largest absolute Gasteiger partial charge is 0.298 e. The minimum atomic E-state index is -0.109. The van der Waals surface area contributed by atoms with Crippen LogP contribution in [0.3, 0.4) is 0 Å². The highest BCUT2D eigenvalue weighted by atomic mass is 35.5. The predicted molar refractivity (Wildman–Crippen MR) is 94.0 cm³/mol. The summed E-state index contributed by atoms with van der Waals surface area (Å²) in [6.07, 6.45) is 5.47. The van der Waals surface area contributed by atoms with E-state index in [4.69, 9.17) is 23.2 Å². The molecule has 0 spiro atoms. The molecule has 0 saturated heterocycles. The number of hydrogen-bond acceptors (Lipinski definition) is 2. The number of carbonyl (C=O) groups is 1. The number of carbonyl (C=O) groups excluding carboxylic acids is 1. The summed E-state index contributed by atoms with van der Waals surface area (Å²) in [5.41, 5.74) is 1.04. The van der Waals surface area contributed by atoms with E-state index in [2.05, 4.69) is 18.9 Å². The lowest BCUT2D eigenvalue weighted by atomic mass is 9.59. The summed E-state index contributed by atoms with van der Waals surface area (Å²) in [4.78, 5) is 14.6. The zero-order chi connectivity index (χ0) is 16.3. The normalized spacial score (nSPS) is 18.1. The molecular formula is C18H25Cl2NO. The van der Waals surface area contributed by atoms with Crippen molar-refractivity contribution in [3.05, 3.63) is 33.8 Å². The van der Waals surface area contributed by atoms with Crippen molar-refractivity contribution in [1.29, 1.82) is 0 Å². The third-order valence-corrected chi connectivity index (χ3v) is 5.69. The topological polar surface area (TPSA) is 20.3 Å². The van der Waals surface area contributed by atoms with Gasteiger partial charge < -0.3 is 0 Å². The van der Waals surface area contributed by atoms with Gasteiger partial charge in [0.25, 0.3) is 0 Å². The van der Waals surface area contributed by atoms with Crippen molar-refractivity contribution in [2.45, 2.75) is 57.4 Å². The highest BCUT2D eigenvalue weighted by molar-refractivity contribution is 6.42. The number of Topliss-reactive ketones (excluding diaryl/α,β-unsaturated/α-hetero) is 1. The summed E-state index contributed by atoms with van der Waals surface area (Å²) in [5, 5.41) is 1.14. The van der Waals surface area contributed by atoms with E-state index >= 15 is 0 Å². The minimum Gasteiger partial charge on any atom is -0.298 e. The third-order valence-electron chi connectivity index (χ3n) is 4.95. The Morgan fingerprint density at radius 2 is 2.00 bits per heavy atom. The summed E-state index contributed by atoms with van der Waals surface area (Å²) in [7, 11) is 2.07. The Labute approximate surface area is 143 Å². The van der Waals surface area contributed by atoms with E-state index < -0.39 is 0 Å². The maximum atomic E-state index is 12.4. The van der Waals surface area contributed by atoms with E-state index in [1.165, 1.54) is 0 Å². The van der Waals surface area contributed by atoms with Gasteiger partial charge in [-0.2, -0.15) is 0 Å². The fourth-order valence-corrected chi connectivity index (χ4v) is 4.04. The molecule has 1 aromatic carbocycles. The molecule has 4 heteroatoms. The molecule has 1 aliphatic rings. The molecule has 1 aromatic rings. The Kier molecular flexibility index (Phi) is 5.93. The first-order valence-corrected chi connectivity index (χ1v) is 8.84. The lowest BCUT2D eigenvalue weighted by molar-refractivity contribution is -0.126.